The second-order valence-corrected chi connectivity index (χ2v) is 6.86. The van der Waals surface area contributed by atoms with Crippen molar-refractivity contribution in [2.45, 2.75) is 58.6 Å². The molecular formula is C15H26N4O2. The number of H-pyrrole nitrogens is 1. The molecule has 1 heterocycles. The van der Waals surface area contributed by atoms with Crippen molar-refractivity contribution in [1.82, 2.24) is 20.8 Å². The Labute approximate surface area is 125 Å². The lowest BCUT2D eigenvalue weighted by atomic mass is 9.87. The monoisotopic (exact) mass is 294 g/mol. The van der Waals surface area contributed by atoms with Crippen LogP contribution in [0.5, 0.6) is 0 Å². The van der Waals surface area contributed by atoms with Gasteiger partial charge in [-0.1, -0.05) is 13.8 Å². The van der Waals surface area contributed by atoms with Crippen molar-refractivity contribution in [3.05, 3.63) is 17.5 Å². The Balaban J connectivity index is 1.75. The van der Waals surface area contributed by atoms with E-state index in [0.29, 0.717) is 13.0 Å². The van der Waals surface area contributed by atoms with E-state index in [2.05, 4.69) is 20.8 Å². The van der Waals surface area contributed by atoms with Gasteiger partial charge < -0.3 is 15.7 Å². The van der Waals surface area contributed by atoms with Gasteiger partial charge in [-0.05, 0) is 43.6 Å². The summed E-state index contributed by atoms with van der Waals surface area (Å²) in [6, 6.07) is 0.0283. The van der Waals surface area contributed by atoms with Gasteiger partial charge in [0.1, 0.15) is 0 Å². The Morgan fingerprint density at radius 2 is 2.38 bits per heavy atom. The first kappa shape index (κ1) is 15.8. The van der Waals surface area contributed by atoms with Crippen LogP contribution >= 0.6 is 0 Å². The third kappa shape index (κ3) is 4.74. The van der Waals surface area contributed by atoms with Gasteiger partial charge in [0.15, 0.2) is 0 Å². The van der Waals surface area contributed by atoms with Gasteiger partial charge in [0.05, 0.1) is 12.3 Å². The molecule has 0 aromatic carbocycles. The maximum atomic E-state index is 12.0. The molecule has 0 saturated carbocycles. The zero-order chi connectivity index (χ0) is 15.5. The predicted molar refractivity (Wildman–Crippen MR) is 81.0 cm³/mol. The Morgan fingerprint density at radius 1 is 1.62 bits per heavy atom. The van der Waals surface area contributed by atoms with E-state index in [1.807, 2.05) is 20.0 Å². The maximum absolute atomic E-state index is 12.0. The second-order valence-electron chi connectivity index (χ2n) is 6.86. The summed E-state index contributed by atoms with van der Waals surface area (Å²) in [6.07, 6.45) is 4.83. The zero-order valence-electron chi connectivity index (χ0n) is 13.1. The summed E-state index contributed by atoms with van der Waals surface area (Å²) in [7, 11) is 0. The predicted octanol–water partition coefficient (Wildman–Crippen LogP) is 1.36. The molecule has 0 aliphatic heterocycles. The molecule has 0 fully saturated rings. The van der Waals surface area contributed by atoms with Gasteiger partial charge in [-0.15, -0.1) is 0 Å². The first-order valence-corrected chi connectivity index (χ1v) is 7.59. The fourth-order valence-electron chi connectivity index (χ4n) is 2.97. The molecule has 6 nitrogen and oxygen atoms in total. The quantitative estimate of drug-likeness (QED) is 0.661. The highest BCUT2D eigenvalue weighted by Gasteiger charge is 2.24. The first-order chi connectivity index (χ1) is 9.85. The minimum absolute atomic E-state index is 0.115. The fraction of sp³-hybridized carbons (Fsp3) is 0.733. The summed E-state index contributed by atoms with van der Waals surface area (Å²) in [5.74, 6) is 0. The van der Waals surface area contributed by atoms with E-state index in [1.165, 1.54) is 11.3 Å². The Bertz CT molecular complexity index is 482. The van der Waals surface area contributed by atoms with Crippen molar-refractivity contribution in [2.24, 2.45) is 5.41 Å². The highest BCUT2D eigenvalue weighted by atomic mass is 16.3. The summed E-state index contributed by atoms with van der Waals surface area (Å²) in [4.78, 5) is 12.0. The number of nitrogens with one attached hydrogen (secondary N) is 3. The number of nitrogens with zero attached hydrogens (tertiary/aromatic N) is 1. The SMILES string of the molecule is CC(O)CC(C)(C)CNC(=O)NC1CCc2[nH]ncc2C1. The molecule has 2 atom stereocenters. The molecule has 4 N–H and O–H groups in total. The molecule has 0 bridgehead atoms. The summed E-state index contributed by atoms with van der Waals surface area (Å²) in [6.45, 7) is 6.40. The second kappa shape index (κ2) is 6.47. The number of amides is 2. The number of urea groups is 1. The number of carbonyl (C=O) groups is 1. The van der Waals surface area contributed by atoms with Crippen molar-refractivity contribution in [2.75, 3.05) is 6.54 Å². The summed E-state index contributed by atoms with van der Waals surface area (Å²) in [5, 5.41) is 22.4. The highest BCUT2D eigenvalue weighted by Crippen LogP contribution is 2.21. The largest absolute Gasteiger partial charge is 0.393 e. The molecule has 1 aliphatic carbocycles. The molecule has 0 spiro atoms. The number of fused-ring (bicyclic) bond motifs is 1. The molecule has 2 rings (SSSR count). The highest BCUT2D eigenvalue weighted by molar-refractivity contribution is 5.74. The van der Waals surface area contributed by atoms with Crippen LogP contribution in [0.15, 0.2) is 6.20 Å². The van der Waals surface area contributed by atoms with Crippen LogP contribution in [0.25, 0.3) is 0 Å². The zero-order valence-corrected chi connectivity index (χ0v) is 13.1. The van der Waals surface area contributed by atoms with Crippen LogP contribution < -0.4 is 10.6 Å². The smallest absolute Gasteiger partial charge is 0.315 e. The fourth-order valence-corrected chi connectivity index (χ4v) is 2.97. The van der Waals surface area contributed by atoms with Crippen LogP contribution in [0, 0.1) is 5.41 Å². The van der Waals surface area contributed by atoms with Gasteiger partial charge in [-0.2, -0.15) is 5.10 Å². The lowest BCUT2D eigenvalue weighted by Gasteiger charge is -2.28. The normalized spacial score (nSPS) is 19.7. The van der Waals surface area contributed by atoms with E-state index in [1.54, 1.807) is 6.92 Å². The van der Waals surface area contributed by atoms with Crippen LogP contribution in [0.1, 0.15) is 44.9 Å². The summed E-state index contributed by atoms with van der Waals surface area (Å²) >= 11 is 0. The van der Waals surface area contributed by atoms with Crippen molar-refractivity contribution >= 4 is 6.03 Å². The third-order valence-electron chi connectivity index (χ3n) is 3.93. The van der Waals surface area contributed by atoms with Crippen molar-refractivity contribution in [3.63, 3.8) is 0 Å². The van der Waals surface area contributed by atoms with E-state index in [9.17, 15) is 9.90 Å². The van der Waals surface area contributed by atoms with Gasteiger partial charge >= 0.3 is 6.03 Å². The van der Waals surface area contributed by atoms with Gasteiger partial charge in [-0.3, -0.25) is 5.10 Å². The molecule has 1 aliphatic rings. The lowest BCUT2D eigenvalue weighted by molar-refractivity contribution is 0.128. The molecule has 0 radical (unpaired) electrons. The molecule has 2 amide bonds. The van der Waals surface area contributed by atoms with Gasteiger partial charge in [-0.25, -0.2) is 4.79 Å². The molecular weight excluding hydrogens is 268 g/mol. The molecule has 6 heteroatoms. The number of rotatable bonds is 5. The molecule has 0 saturated heterocycles. The van der Waals surface area contributed by atoms with E-state index in [-0.39, 0.29) is 23.6 Å². The Kier molecular flexibility index (Phi) is 4.88. The van der Waals surface area contributed by atoms with Crippen molar-refractivity contribution < 1.29 is 9.90 Å². The van der Waals surface area contributed by atoms with Crippen LogP contribution in [0.2, 0.25) is 0 Å². The van der Waals surface area contributed by atoms with E-state index in [0.717, 1.165) is 19.3 Å². The van der Waals surface area contributed by atoms with Crippen LogP contribution in [0.4, 0.5) is 4.79 Å². The van der Waals surface area contributed by atoms with Crippen LogP contribution in [-0.4, -0.2) is 40.0 Å². The first-order valence-electron chi connectivity index (χ1n) is 7.59. The topological polar surface area (TPSA) is 90.0 Å². The van der Waals surface area contributed by atoms with Crippen LogP contribution in [0.3, 0.4) is 0 Å². The van der Waals surface area contributed by atoms with Gasteiger partial charge in [0.25, 0.3) is 0 Å². The van der Waals surface area contributed by atoms with Gasteiger partial charge in [0, 0.05) is 18.3 Å². The van der Waals surface area contributed by atoms with Crippen molar-refractivity contribution in [1.29, 1.82) is 0 Å². The Morgan fingerprint density at radius 3 is 3.10 bits per heavy atom. The number of carbonyl (C=O) groups excluding carboxylic acids is 1. The number of aliphatic hydroxyl groups is 1. The summed E-state index contributed by atoms with van der Waals surface area (Å²) < 4.78 is 0. The van der Waals surface area contributed by atoms with Crippen molar-refractivity contribution in [3.8, 4) is 0 Å². The third-order valence-corrected chi connectivity index (χ3v) is 3.93. The number of aliphatic hydroxyl groups excluding tert-OH is 1. The Hall–Kier alpha value is -1.56. The van der Waals surface area contributed by atoms with Crippen LogP contribution in [-0.2, 0) is 12.8 Å². The maximum Gasteiger partial charge on any atom is 0.315 e. The molecule has 118 valence electrons. The van der Waals surface area contributed by atoms with Gasteiger partial charge in [0.2, 0.25) is 0 Å². The number of aromatic nitrogens is 2. The number of hydrogen-bond donors (Lipinski definition) is 4. The average Bonchev–Trinajstić information content (AvgIpc) is 2.82. The van der Waals surface area contributed by atoms with E-state index < -0.39 is 0 Å². The molecule has 1 aromatic rings. The lowest BCUT2D eigenvalue weighted by Crippen LogP contribution is -2.47. The minimum Gasteiger partial charge on any atom is -0.393 e. The number of hydrogen-bond acceptors (Lipinski definition) is 3. The van der Waals surface area contributed by atoms with E-state index >= 15 is 0 Å². The molecule has 21 heavy (non-hydrogen) atoms. The standard InChI is InChI=1S/C15H26N4O2/c1-10(20)7-15(2,3)9-16-14(21)18-12-4-5-13-11(6-12)8-17-19-13/h8,10,12,20H,4-7,9H2,1-3H3,(H,17,19)(H2,16,18,21). The minimum atomic E-state index is -0.359. The average molecular weight is 294 g/mol. The number of aryl methyl sites for hydroxylation is 1. The molecule has 2 unspecified atom stereocenters. The molecule has 1 aromatic heterocycles. The summed E-state index contributed by atoms with van der Waals surface area (Å²) in [5.41, 5.74) is 2.27. The van der Waals surface area contributed by atoms with E-state index in [4.69, 9.17) is 0 Å². The number of aromatic amines is 1.